The normalized spacial score (nSPS) is 13.5. The molecule has 5 nitrogen and oxygen atoms in total. The highest BCUT2D eigenvalue weighted by Gasteiger charge is 2.19. The lowest BCUT2D eigenvalue weighted by atomic mass is 10.2. The van der Waals surface area contributed by atoms with Gasteiger partial charge in [-0.05, 0) is 37.1 Å². The minimum Gasteiger partial charge on any atom is -0.399 e. The summed E-state index contributed by atoms with van der Waals surface area (Å²) in [5.41, 5.74) is 7.00. The molecule has 1 rings (SSSR count). The van der Waals surface area contributed by atoms with E-state index in [-0.39, 0.29) is 10.9 Å². The number of hydrogen-bond acceptors (Lipinski definition) is 4. The zero-order chi connectivity index (χ0) is 13.8. The number of nitrogens with two attached hydrogens (primary N) is 1. The highest BCUT2D eigenvalue weighted by atomic mass is 32.2. The highest BCUT2D eigenvalue weighted by Crippen LogP contribution is 2.17. The van der Waals surface area contributed by atoms with Crippen molar-refractivity contribution >= 4 is 15.7 Å². The summed E-state index contributed by atoms with van der Waals surface area (Å²) in [6.45, 7) is 4.03. The minimum absolute atomic E-state index is 0.224. The molecule has 0 aromatic heterocycles. The van der Waals surface area contributed by atoms with E-state index in [9.17, 15) is 8.42 Å². The maximum absolute atomic E-state index is 12.1. The first kappa shape index (κ1) is 14.9. The number of anilines is 1. The standard InChI is InChI=1S/C12H20N2O3S/c1-4-10(8-17-3)14-18(15,16)11-5-6-12(13)9(2)7-11/h5-7,10,14H,4,8,13H2,1-3H3. The van der Waals surface area contributed by atoms with Gasteiger partial charge in [-0.2, -0.15) is 0 Å². The molecule has 1 atom stereocenters. The molecule has 1 unspecified atom stereocenters. The Morgan fingerprint density at radius 3 is 2.61 bits per heavy atom. The largest absolute Gasteiger partial charge is 0.399 e. The average molecular weight is 272 g/mol. The Morgan fingerprint density at radius 2 is 2.11 bits per heavy atom. The summed E-state index contributed by atoms with van der Waals surface area (Å²) in [6.07, 6.45) is 0.668. The number of nitrogens with one attached hydrogen (secondary N) is 1. The monoisotopic (exact) mass is 272 g/mol. The van der Waals surface area contributed by atoms with Crippen molar-refractivity contribution < 1.29 is 13.2 Å². The van der Waals surface area contributed by atoms with Crippen molar-refractivity contribution in [1.29, 1.82) is 0 Å². The predicted molar refractivity (Wildman–Crippen MR) is 71.9 cm³/mol. The summed E-state index contributed by atoms with van der Waals surface area (Å²) in [4.78, 5) is 0.226. The van der Waals surface area contributed by atoms with E-state index in [1.165, 1.54) is 6.07 Å². The average Bonchev–Trinajstić information content (AvgIpc) is 2.31. The fraction of sp³-hybridized carbons (Fsp3) is 0.500. The van der Waals surface area contributed by atoms with Gasteiger partial charge >= 0.3 is 0 Å². The first-order valence-electron chi connectivity index (χ1n) is 5.78. The van der Waals surface area contributed by atoms with Crippen LogP contribution < -0.4 is 10.5 Å². The third-order valence-electron chi connectivity index (χ3n) is 2.73. The second kappa shape index (κ2) is 6.17. The fourth-order valence-corrected chi connectivity index (χ4v) is 2.93. The Hall–Kier alpha value is -1.11. The van der Waals surface area contributed by atoms with Crippen LogP contribution in [0.3, 0.4) is 0 Å². The summed E-state index contributed by atoms with van der Waals surface area (Å²) < 4.78 is 31.9. The zero-order valence-corrected chi connectivity index (χ0v) is 11.8. The predicted octanol–water partition coefficient (Wildman–Crippen LogP) is 1.28. The van der Waals surface area contributed by atoms with E-state index in [1.807, 2.05) is 6.92 Å². The number of nitrogen functional groups attached to an aromatic ring is 1. The van der Waals surface area contributed by atoms with Gasteiger partial charge in [-0.3, -0.25) is 0 Å². The molecular formula is C12H20N2O3S. The van der Waals surface area contributed by atoms with Crippen LogP contribution in [-0.4, -0.2) is 28.2 Å². The molecule has 6 heteroatoms. The molecule has 0 heterocycles. The molecule has 1 aromatic carbocycles. The molecule has 0 saturated heterocycles. The minimum atomic E-state index is -3.52. The Bertz CT molecular complexity index is 500. The first-order valence-corrected chi connectivity index (χ1v) is 7.26. The van der Waals surface area contributed by atoms with Gasteiger partial charge in [0.05, 0.1) is 11.5 Å². The molecule has 18 heavy (non-hydrogen) atoms. The molecule has 0 aliphatic rings. The van der Waals surface area contributed by atoms with E-state index >= 15 is 0 Å². The van der Waals surface area contributed by atoms with Gasteiger partial charge in [-0.25, -0.2) is 13.1 Å². The highest BCUT2D eigenvalue weighted by molar-refractivity contribution is 7.89. The molecule has 102 valence electrons. The van der Waals surface area contributed by atoms with Crippen LogP contribution in [0.1, 0.15) is 18.9 Å². The maximum atomic E-state index is 12.1. The van der Waals surface area contributed by atoms with Crippen LogP contribution in [0.5, 0.6) is 0 Å². The van der Waals surface area contributed by atoms with Gasteiger partial charge in [0.15, 0.2) is 0 Å². The van der Waals surface area contributed by atoms with Gasteiger partial charge in [0.2, 0.25) is 10.0 Å². The van der Waals surface area contributed by atoms with E-state index in [2.05, 4.69) is 4.72 Å². The number of benzene rings is 1. The molecule has 0 bridgehead atoms. The summed E-state index contributed by atoms with van der Waals surface area (Å²) in [5.74, 6) is 0. The first-order chi connectivity index (χ1) is 8.40. The van der Waals surface area contributed by atoms with Crippen LogP contribution in [0.15, 0.2) is 23.1 Å². The van der Waals surface area contributed by atoms with Crippen molar-refractivity contribution in [3.8, 4) is 0 Å². The fourth-order valence-electron chi connectivity index (χ4n) is 1.54. The van der Waals surface area contributed by atoms with Gasteiger partial charge in [0, 0.05) is 18.8 Å². The maximum Gasteiger partial charge on any atom is 0.240 e. The number of ether oxygens (including phenoxy) is 1. The van der Waals surface area contributed by atoms with Crippen molar-refractivity contribution in [2.45, 2.75) is 31.2 Å². The number of aryl methyl sites for hydroxylation is 1. The van der Waals surface area contributed by atoms with Gasteiger partial charge in [0.1, 0.15) is 0 Å². The number of methoxy groups -OCH3 is 1. The molecule has 0 aliphatic heterocycles. The Morgan fingerprint density at radius 1 is 1.44 bits per heavy atom. The van der Waals surface area contributed by atoms with Gasteiger partial charge < -0.3 is 10.5 Å². The van der Waals surface area contributed by atoms with Crippen molar-refractivity contribution in [3.05, 3.63) is 23.8 Å². The molecule has 0 spiro atoms. The van der Waals surface area contributed by atoms with Crippen molar-refractivity contribution in [3.63, 3.8) is 0 Å². The lowest BCUT2D eigenvalue weighted by Crippen LogP contribution is -2.37. The second-order valence-electron chi connectivity index (χ2n) is 4.20. The Balaban J connectivity index is 2.95. The molecule has 0 amide bonds. The van der Waals surface area contributed by atoms with Crippen molar-refractivity contribution in [2.75, 3.05) is 19.5 Å². The van der Waals surface area contributed by atoms with E-state index in [1.54, 1.807) is 26.2 Å². The van der Waals surface area contributed by atoms with Crippen molar-refractivity contribution in [2.24, 2.45) is 0 Å². The summed E-state index contributed by atoms with van der Waals surface area (Å²) in [7, 11) is -1.97. The van der Waals surface area contributed by atoms with Crippen molar-refractivity contribution in [1.82, 2.24) is 4.72 Å². The van der Waals surface area contributed by atoms with E-state index in [4.69, 9.17) is 10.5 Å². The number of hydrogen-bond donors (Lipinski definition) is 2. The Kier molecular flexibility index (Phi) is 5.13. The molecule has 3 N–H and O–H groups in total. The quantitative estimate of drug-likeness (QED) is 0.764. The van der Waals surface area contributed by atoms with Gasteiger partial charge in [0.25, 0.3) is 0 Å². The van der Waals surface area contributed by atoms with Crippen LogP contribution >= 0.6 is 0 Å². The summed E-state index contributed by atoms with van der Waals surface area (Å²) >= 11 is 0. The van der Waals surface area contributed by atoms with E-state index < -0.39 is 10.0 Å². The molecule has 0 radical (unpaired) electrons. The number of rotatable bonds is 6. The van der Waals surface area contributed by atoms with E-state index in [0.717, 1.165) is 5.56 Å². The second-order valence-corrected chi connectivity index (χ2v) is 5.91. The molecular weight excluding hydrogens is 252 g/mol. The van der Waals surface area contributed by atoms with Gasteiger partial charge in [-0.15, -0.1) is 0 Å². The van der Waals surface area contributed by atoms with Gasteiger partial charge in [-0.1, -0.05) is 6.92 Å². The summed E-state index contributed by atoms with van der Waals surface area (Å²) in [5, 5.41) is 0. The zero-order valence-electron chi connectivity index (χ0n) is 10.9. The molecule has 0 aliphatic carbocycles. The third kappa shape index (κ3) is 3.69. The van der Waals surface area contributed by atoms with Crippen LogP contribution in [0.4, 0.5) is 5.69 Å². The molecule has 1 aromatic rings. The SMILES string of the molecule is CCC(COC)NS(=O)(=O)c1ccc(N)c(C)c1. The molecule has 0 saturated carbocycles. The lowest BCUT2D eigenvalue weighted by molar-refractivity contribution is 0.173. The Labute approximate surface area is 108 Å². The topological polar surface area (TPSA) is 81.4 Å². The lowest BCUT2D eigenvalue weighted by Gasteiger charge is -2.16. The molecule has 0 fully saturated rings. The van der Waals surface area contributed by atoms with Crippen LogP contribution in [0, 0.1) is 6.92 Å². The van der Waals surface area contributed by atoms with Crippen LogP contribution in [0.25, 0.3) is 0 Å². The smallest absolute Gasteiger partial charge is 0.240 e. The third-order valence-corrected chi connectivity index (χ3v) is 4.25. The van der Waals surface area contributed by atoms with Crippen LogP contribution in [0.2, 0.25) is 0 Å². The van der Waals surface area contributed by atoms with Crippen LogP contribution in [-0.2, 0) is 14.8 Å². The van der Waals surface area contributed by atoms with E-state index in [0.29, 0.717) is 18.7 Å². The number of sulfonamides is 1. The summed E-state index contributed by atoms with van der Waals surface area (Å²) in [6, 6.07) is 4.44.